The fraction of sp³-hybridized carbons (Fsp3) is 0.500. The fourth-order valence-corrected chi connectivity index (χ4v) is 3.04. The van der Waals surface area contributed by atoms with Gasteiger partial charge in [-0.1, -0.05) is 26.0 Å². The summed E-state index contributed by atoms with van der Waals surface area (Å²) in [5.74, 6) is -0.591. The first-order valence-corrected chi connectivity index (χ1v) is 8.05. The lowest BCUT2D eigenvalue weighted by molar-refractivity contribution is -0.137. The second kappa shape index (κ2) is 6.85. The maximum atomic E-state index is 12.1. The summed E-state index contributed by atoms with van der Waals surface area (Å²) in [4.78, 5) is 10.7. The first-order valence-electron chi connectivity index (χ1n) is 6.56. The van der Waals surface area contributed by atoms with Crippen molar-refractivity contribution in [2.45, 2.75) is 50.5 Å². The molecule has 6 heteroatoms. The van der Waals surface area contributed by atoms with Crippen molar-refractivity contribution in [3.63, 3.8) is 0 Å². The topological polar surface area (TPSA) is 83.5 Å². The number of aliphatic carboxylic acids is 1. The highest BCUT2D eigenvalue weighted by Crippen LogP contribution is 2.17. The molecule has 0 fully saturated rings. The number of carboxylic acids is 1. The molecule has 5 nitrogen and oxygen atoms in total. The normalized spacial score (nSPS) is 13.4. The highest BCUT2D eigenvalue weighted by molar-refractivity contribution is 7.89. The standard InChI is InChI=1S/C14H21NO4S/c1-10(2)12-5-7-13(8-6-12)20(18,19)15-11(3)4-9-14(16)17/h5-8,10-11,15H,4,9H2,1-3H3,(H,16,17). The minimum Gasteiger partial charge on any atom is -0.481 e. The van der Waals surface area contributed by atoms with E-state index in [2.05, 4.69) is 4.72 Å². The molecule has 1 unspecified atom stereocenters. The maximum absolute atomic E-state index is 12.1. The lowest BCUT2D eigenvalue weighted by atomic mass is 10.0. The molecule has 1 aromatic rings. The molecule has 1 aromatic carbocycles. The molecule has 0 radical (unpaired) electrons. The van der Waals surface area contributed by atoms with Crippen LogP contribution in [0.2, 0.25) is 0 Å². The predicted molar refractivity (Wildman–Crippen MR) is 77.2 cm³/mol. The molecule has 2 N–H and O–H groups in total. The molecule has 0 saturated carbocycles. The zero-order valence-corrected chi connectivity index (χ0v) is 12.8. The molecule has 0 bridgehead atoms. The molecule has 1 rings (SSSR count). The van der Waals surface area contributed by atoms with E-state index in [1.807, 2.05) is 13.8 Å². The summed E-state index contributed by atoms with van der Waals surface area (Å²) in [6.07, 6.45) is 0.203. The van der Waals surface area contributed by atoms with E-state index >= 15 is 0 Å². The summed E-state index contributed by atoms with van der Waals surface area (Å²) in [7, 11) is -3.59. The van der Waals surface area contributed by atoms with Crippen molar-refractivity contribution in [3.05, 3.63) is 29.8 Å². The zero-order chi connectivity index (χ0) is 15.3. The van der Waals surface area contributed by atoms with E-state index < -0.39 is 22.0 Å². The van der Waals surface area contributed by atoms with Crippen LogP contribution in [0, 0.1) is 0 Å². The molecule has 0 aliphatic heterocycles. The highest BCUT2D eigenvalue weighted by atomic mass is 32.2. The number of carboxylic acid groups (broad SMARTS) is 1. The predicted octanol–water partition coefficient (Wildman–Crippen LogP) is 2.34. The molecule has 0 saturated heterocycles. The molecular formula is C14H21NO4S. The van der Waals surface area contributed by atoms with E-state index in [9.17, 15) is 13.2 Å². The quantitative estimate of drug-likeness (QED) is 0.809. The van der Waals surface area contributed by atoms with Crippen LogP contribution in [-0.2, 0) is 14.8 Å². The smallest absolute Gasteiger partial charge is 0.303 e. The Kier molecular flexibility index (Phi) is 5.71. The molecule has 1 atom stereocenters. The number of hydrogen-bond acceptors (Lipinski definition) is 3. The average molecular weight is 299 g/mol. The summed E-state index contributed by atoms with van der Waals surface area (Å²) < 4.78 is 26.7. The molecule has 0 aliphatic rings. The molecule has 0 heterocycles. The molecule has 20 heavy (non-hydrogen) atoms. The number of rotatable bonds is 7. The zero-order valence-electron chi connectivity index (χ0n) is 12.0. The summed E-state index contributed by atoms with van der Waals surface area (Å²) in [5, 5.41) is 8.58. The Hall–Kier alpha value is -1.40. The van der Waals surface area contributed by atoms with Gasteiger partial charge in [-0.05, 0) is 37.0 Å². The van der Waals surface area contributed by atoms with Crippen LogP contribution in [0.25, 0.3) is 0 Å². The number of carbonyl (C=O) groups is 1. The van der Waals surface area contributed by atoms with Crippen LogP contribution in [0.5, 0.6) is 0 Å². The van der Waals surface area contributed by atoms with Crippen LogP contribution in [0.4, 0.5) is 0 Å². The van der Waals surface area contributed by atoms with E-state index in [0.29, 0.717) is 5.92 Å². The van der Waals surface area contributed by atoms with Gasteiger partial charge in [-0.25, -0.2) is 13.1 Å². The summed E-state index contributed by atoms with van der Waals surface area (Å²) >= 11 is 0. The van der Waals surface area contributed by atoms with Gasteiger partial charge in [0.1, 0.15) is 0 Å². The van der Waals surface area contributed by atoms with Gasteiger partial charge in [0, 0.05) is 12.5 Å². The minimum atomic E-state index is -3.59. The summed E-state index contributed by atoms with van der Waals surface area (Å²) in [6.45, 7) is 5.73. The number of sulfonamides is 1. The third-order valence-corrected chi connectivity index (χ3v) is 4.61. The Bertz CT molecular complexity index is 549. The monoisotopic (exact) mass is 299 g/mol. The van der Waals surface area contributed by atoms with E-state index in [-0.39, 0.29) is 17.7 Å². The number of benzene rings is 1. The molecule has 0 aromatic heterocycles. The second-order valence-electron chi connectivity index (χ2n) is 5.18. The lowest BCUT2D eigenvalue weighted by Gasteiger charge is -2.14. The first kappa shape index (κ1) is 16.7. The van der Waals surface area contributed by atoms with Crippen molar-refractivity contribution in [2.24, 2.45) is 0 Å². The van der Waals surface area contributed by atoms with Crippen molar-refractivity contribution in [3.8, 4) is 0 Å². The second-order valence-corrected chi connectivity index (χ2v) is 6.89. The van der Waals surface area contributed by atoms with Gasteiger partial charge in [-0.2, -0.15) is 0 Å². The Morgan fingerprint density at radius 2 is 1.75 bits per heavy atom. The Morgan fingerprint density at radius 1 is 1.20 bits per heavy atom. The van der Waals surface area contributed by atoms with Gasteiger partial charge in [0.25, 0.3) is 0 Å². The third-order valence-electron chi connectivity index (χ3n) is 3.00. The van der Waals surface area contributed by atoms with Gasteiger partial charge < -0.3 is 5.11 Å². The first-order chi connectivity index (χ1) is 9.22. The summed E-state index contributed by atoms with van der Waals surface area (Å²) in [6, 6.07) is 6.31. The molecule has 0 spiro atoms. The van der Waals surface area contributed by atoms with Gasteiger partial charge >= 0.3 is 5.97 Å². The van der Waals surface area contributed by atoms with Crippen molar-refractivity contribution in [1.29, 1.82) is 0 Å². The van der Waals surface area contributed by atoms with Crippen molar-refractivity contribution in [1.82, 2.24) is 4.72 Å². The van der Waals surface area contributed by atoms with Crippen LogP contribution < -0.4 is 4.72 Å². The highest BCUT2D eigenvalue weighted by Gasteiger charge is 2.18. The van der Waals surface area contributed by atoms with Gasteiger partial charge in [0.05, 0.1) is 4.90 Å². The molecule has 112 valence electrons. The average Bonchev–Trinajstić information content (AvgIpc) is 2.36. The van der Waals surface area contributed by atoms with E-state index in [4.69, 9.17) is 5.11 Å². The van der Waals surface area contributed by atoms with Crippen molar-refractivity contribution in [2.75, 3.05) is 0 Å². The van der Waals surface area contributed by atoms with Crippen LogP contribution in [-0.4, -0.2) is 25.5 Å². The van der Waals surface area contributed by atoms with Gasteiger partial charge in [0.2, 0.25) is 10.0 Å². The van der Waals surface area contributed by atoms with Crippen LogP contribution in [0.15, 0.2) is 29.2 Å². The minimum absolute atomic E-state index is 0.0595. The Balaban J connectivity index is 2.75. The maximum Gasteiger partial charge on any atom is 0.303 e. The lowest BCUT2D eigenvalue weighted by Crippen LogP contribution is -2.33. The van der Waals surface area contributed by atoms with Crippen LogP contribution >= 0.6 is 0 Å². The summed E-state index contributed by atoms with van der Waals surface area (Å²) in [5.41, 5.74) is 1.07. The number of nitrogens with one attached hydrogen (secondary N) is 1. The van der Waals surface area contributed by atoms with E-state index in [1.165, 1.54) is 0 Å². The van der Waals surface area contributed by atoms with Crippen molar-refractivity contribution >= 4 is 16.0 Å². The van der Waals surface area contributed by atoms with Gasteiger partial charge in [-0.3, -0.25) is 4.79 Å². The molecular weight excluding hydrogens is 278 g/mol. The van der Waals surface area contributed by atoms with Gasteiger partial charge in [-0.15, -0.1) is 0 Å². The van der Waals surface area contributed by atoms with E-state index in [1.54, 1.807) is 31.2 Å². The van der Waals surface area contributed by atoms with Gasteiger partial charge in [0.15, 0.2) is 0 Å². The Labute approximate surface area is 120 Å². The largest absolute Gasteiger partial charge is 0.481 e. The Morgan fingerprint density at radius 3 is 2.20 bits per heavy atom. The number of hydrogen-bond donors (Lipinski definition) is 2. The van der Waals surface area contributed by atoms with Crippen molar-refractivity contribution < 1.29 is 18.3 Å². The fourth-order valence-electron chi connectivity index (χ4n) is 1.76. The van der Waals surface area contributed by atoms with E-state index in [0.717, 1.165) is 5.56 Å². The third kappa shape index (κ3) is 4.94. The molecule has 0 aliphatic carbocycles. The van der Waals surface area contributed by atoms with Crippen LogP contribution in [0.1, 0.15) is 45.1 Å². The van der Waals surface area contributed by atoms with Crippen LogP contribution in [0.3, 0.4) is 0 Å². The molecule has 0 amide bonds. The SMILES string of the molecule is CC(CCC(=O)O)NS(=O)(=O)c1ccc(C(C)C)cc1.